The lowest BCUT2D eigenvalue weighted by Gasteiger charge is -2.35. The highest BCUT2D eigenvalue weighted by molar-refractivity contribution is 6.31. The lowest BCUT2D eigenvalue weighted by atomic mass is 9.66. The zero-order valence-corrected chi connectivity index (χ0v) is 63.0. The molecule has 5 heterocycles. The molecule has 1 aliphatic rings. The molecule has 7 heteroatoms. The maximum Gasteiger partial charge on any atom is 0.160 e. The van der Waals surface area contributed by atoms with Crippen LogP contribution in [-0.4, -0.2) is 33.6 Å². The van der Waals surface area contributed by atoms with Gasteiger partial charge in [0.15, 0.2) is 11.6 Å². The van der Waals surface area contributed by atoms with Gasteiger partial charge in [-0.2, -0.15) is 0 Å². The summed E-state index contributed by atoms with van der Waals surface area (Å²) in [5.74, 6) is 1.40. The lowest BCUT2D eigenvalue weighted by molar-refractivity contribution is 0.783. The van der Waals surface area contributed by atoms with Crippen LogP contribution in [0.25, 0.3) is 193 Å². The minimum Gasteiger partial charge on any atom is -0.309 e. The molecule has 0 bridgehead atoms. The molecule has 0 radical (unpaired) electrons. The number of aromatic nitrogens is 7. The van der Waals surface area contributed by atoms with E-state index in [0.717, 1.165) is 73.0 Å². The molecule has 7 nitrogen and oxygen atoms in total. The Morgan fingerprint density at radius 3 is 1.10 bits per heavy atom. The Labute approximate surface area is 668 Å². The van der Waals surface area contributed by atoms with Crippen LogP contribution in [0.5, 0.6) is 0 Å². The van der Waals surface area contributed by atoms with Crippen molar-refractivity contribution in [2.45, 2.75) is 5.41 Å². The van der Waals surface area contributed by atoms with Gasteiger partial charge in [-0.05, 0) is 174 Å². The lowest BCUT2D eigenvalue weighted by Crippen LogP contribution is -2.29. The van der Waals surface area contributed by atoms with E-state index >= 15 is 0 Å². The second kappa shape index (κ2) is 26.9. The highest BCUT2D eigenvalue weighted by atomic mass is 15.0. The predicted octanol–water partition coefficient (Wildman–Crippen LogP) is 27.6. The van der Waals surface area contributed by atoms with Gasteiger partial charge in [0, 0.05) is 71.5 Å². The molecule has 0 saturated carbocycles. The standard InChI is InChI=1S/C55H35N3.C54H34N4/c1-5-18-37(19-6-1)53-49(35-56-54(57-53)38-20-7-2-8-21-38)58-47-32-31-45-44-30-29-36-17-15-16-28-43(36)51(44)55(41-24-9-3-10-25-41,42-26-11-4-12-27-42)52(45)50(47)46-33-39-22-13-14-23-40(39)34-48(46)58;1-4-14-35(15-5-1)46-34-47(36-16-6-2-7-17-36)56-54(55-46)37-24-26-43(27-25-37)58-49-29-28-48-52(53(49)45-31-39-19-11-13-21-41(39)33-51(45)58)44-30-38-18-10-12-20-40(38)32-50(44)57(48)42-22-8-3-9-23-42/h1-35H;1-34H. The fourth-order valence-corrected chi connectivity index (χ4v) is 18.9. The normalized spacial score (nSPS) is 12.4. The average Bonchev–Trinajstić information content (AvgIpc) is 1.50. The first-order valence-corrected chi connectivity index (χ1v) is 39.7. The number of para-hydroxylation sites is 1. The van der Waals surface area contributed by atoms with Gasteiger partial charge in [-0.15, -0.1) is 0 Å². The number of hydrogen-bond donors (Lipinski definition) is 0. The Morgan fingerprint density at radius 1 is 0.224 bits per heavy atom. The molecule has 0 amide bonds. The molecular weight excluding hydrogens is 1410 g/mol. The molecule has 540 valence electrons. The topological polar surface area (TPSA) is 66.3 Å². The van der Waals surface area contributed by atoms with Crippen molar-refractivity contribution < 1.29 is 0 Å². The monoisotopic (exact) mass is 1480 g/mol. The zero-order chi connectivity index (χ0) is 76.4. The van der Waals surface area contributed by atoms with E-state index in [2.05, 4.69) is 396 Å². The van der Waals surface area contributed by atoms with Gasteiger partial charge in [0.05, 0.1) is 67.5 Å². The molecule has 0 fully saturated rings. The van der Waals surface area contributed by atoms with Crippen LogP contribution >= 0.6 is 0 Å². The van der Waals surface area contributed by atoms with Gasteiger partial charge in [-0.25, -0.2) is 19.9 Å². The van der Waals surface area contributed by atoms with E-state index in [1.807, 2.05) is 36.5 Å². The molecule has 23 aromatic rings. The van der Waals surface area contributed by atoms with E-state index in [1.54, 1.807) is 0 Å². The molecule has 0 unspecified atom stereocenters. The summed E-state index contributed by atoms with van der Waals surface area (Å²) in [5.41, 5.74) is 24.9. The average molecular weight is 1480 g/mol. The van der Waals surface area contributed by atoms with Crippen molar-refractivity contribution in [2.24, 2.45) is 0 Å². The molecule has 116 heavy (non-hydrogen) atoms. The fourth-order valence-electron chi connectivity index (χ4n) is 18.9. The van der Waals surface area contributed by atoms with Crippen LogP contribution in [0.4, 0.5) is 0 Å². The molecule has 0 saturated heterocycles. The summed E-state index contributed by atoms with van der Waals surface area (Å²) in [7, 11) is 0. The second-order valence-corrected chi connectivity index (χ2v) is 30.3. The first-order valence-electron chi connectivity index (χ1n) is 39.7. The quantitative estimate of drug-likeness (QED) is 0.137. The molecular formula is C109H69N7. The first-order chi connectivity index (χ1) is 57.5. The summed E-state index contributed by atoms with van der Waals surface area (Å²) in [4.78, 5) is 20.7. The Kier molecular flexibility index (Phi) is 15.4. The summed E-state index contributed by atoms with van der Waals surface area (Å²) < 4.78 is 7.29. The van der Waals surface area contributed by atoms with Gasteiger partial charge in [-0.1, -0.05) is 315 Å². The Hall–Kier alpha value is -15.4. The predicted molar refractivity (Wildman–Crippen MR) is 482 cm³/mol. The number of benzene rings is 18. The number of rotatable bonds is 10. The van der Waals surface area contributed by atoms with Crippen LogP contribution in [0.3, 0.4) is 0 Å². The number of fused-ring (bicyclic) bond motifs is 19. The van der Waals surface area contributed by atoms with Crippen molar-refractivity contribution in [3.8, 4) is 84.7 Å². The summed E-state index contributed by atoms with van der Waals surface area (Å²) in [6.07, 6.45) is 2.03. The third-order valence-corrected chi connectivity index (χ3v) is 23.9. The van der Waals surface area contributed by atoms with Gasteiger partial charge in [0.2, 0.25) is 0 Å². The second-order valence-electron chi connectivity index (χ2n) is 30.3. The van der Waals surface area contributed by atoms with Crippen molar-refractivity contribution in [3.05, 3.63) is 441 Å². The summed E-state index contributed by atoms with van der Waals surface area (Å²) in [5, 5.41) is 17.2. The summed E-state index contributed by atoms with van der Waals surface area (Å²) in [6, 6.07) is 149. The maximum atomic E-state index is 5.38. The van der Waals surface area contributed by atoms with Crippen molar-refractivity contribution in [1.82, 2.24) is 33.6 Å². The third-order valence-electron chi connectivity index (χ3n) is 23.9. The Bertz CT molecular complexity index is 7740. The smallest absolute Gasteiger partial charge is 0.160 e. The maximum absolute atomic E-state index is 5.38. The molecule has 5 aromatic heterocycles. The van der Waals surface area contributed by atoms with Gasteiger partial charge in [-0.3, -0.25) is 0 Å². The van der Waals surface area contributed by atoms with Crippen molar-refractivity contribution in [1.29, 1.82) is 0 Å². The van der Waals surface area contributed by atoms with E-state index < -0.39 is 5.41 Å². The van der Waals surface area contributed by atoms with Crippen LogP contribution in [0.2, 0.25) is 0 Å². The van der Waals surface area contributed by atoms with Crippen LogP contribution < -0.4 is 0 Å². The minimum absolute atomic E-state index is 0.631. The molecule has 0 spiro atoms. The molecule has 0 N–H and O–H groups in total. The van der Waals surface area contributed by atoms with Crippen LogP contribution in [-0.2, 0) is 5.41 Å². The van der Waals surface area contributed by atoms with Crippen LogP contribution in [0.1, 0.15) is 22.3 Å². The number of hydrogen-bond acceptors (Lipinski definition) is 4. The SMILES string of the molecule is c1ccc(-c2cc(-c3ccccc3)nc(-c3ccc(-n4c5cc6ccccc6cc5c5c6c7cc8ccccc8cc7n(-c7ccccc7)c6ccc54)cc3)n2)cc1.c1ccc(-c2ncc(-n3c4cc5ccccc5cc4c4c5c(ccc43)-c3ccc4ccccc4c3C5(c3ccccc3)c3ccccc3)c(-c3ccccc3)n2)cc1. The zero-order valence-electron chi connectivity index (χ0n) is 63.0. The fraction of sp³-hybridized carbons (Fsp3) is 0.00917. The van der Waals surface area contributed by atoms with Gasteiger partial charge >= 0.3 is 0 Å². The molecule has 0 atom stereocenters. The van der Waals surface area contributed by atoms with Crippen LogP contribution in [0.15, 0.2) is 419 Å². The van der Waals surface area contributed by atoms with Gasteiger partial charge in [0.25, 0.3) is 0 Å². The Balaban J connectivity index is 0.000000137. The van der Waals surface area contributed by atoms with Crippen LogP contribution in [0, 0.1) is 0 Å². The molecule has 0 aliphatic heterocycles. The van der Waals surface area contributed by atoms with Crippen molar-refractivity contribution in [2.75, 3.05) is 0 Å². The van der Waals surface area contributed by atoms with E-state index in [-0.39, 0.29) is 0 Å². The first kappa shape index (κ1) is 66.4. The highest BCUT2D eigenvalue weighted by Crippen LogP contribution is 2.61. The third kappa shape index (κ3) is 10.5. The van der Waals surface area contributed by atoms with E-state index in [9.17, 15) is 0 Å². The highest BCUT2D eigenvalue weighted by Gasteiger charge is 2.49. The number of nitrogens with zero attached hydrogens (tertiary/aromatic N) is 7. The van der Waals surface area contributed by atoms with Gasteiger partial charge in [0.1, 0.15) is 0 Å². The largest absolute Gasteiger partial charge is 0.309 e. The summed E-state index contributed by atoms with van der Waals surface area (Å²) >= 11 is 0. The minimum atomic E-state index is -0.631. The molecule has 18 aromatic carbocycles. The van der Waals surface area contributed by atoms with E-state index in [0.29, 0.717) is 11.6 Å². The van der Waals surface area contributed by atoms with Gasteiger partial charge < -0.3 is 13.7 Å². The van der Waals surface area contributed by atoms with Crippen molar-refractivity contribution >= 4 is 109 Å². The van der Waals surface area contributed by atoms with E-state index in [1.165, 1.54) is 131 Å². The van der Waals surface area contributed by atoms with Crippen molar-refractivity contribution in [3.63, 3.8) is 0 Å². The Morgan fingerprint density at radius 2 is 0.595 bits per heavy atom. The summed E-state index contributed by atoms with van der Waals surface area (Å²) in [6.45, 7) is 0. The molecule has 24 rings (SSSR count). The molecule has 1 aliphatic carbocycles. The van der Waals surface area contributed by atoms with E-state index in [4.69, 9.17) is 19.9 Å².